The van der Waals surface area contributed by atoms with E-state index in [2.05, 4.69) is 16.0 Å². The van der Waals surface area contributed by atoms with Gasteiger partial charge in [0.1, 0.15) is 11.9 Å². The Labute approximate surface area is 111 Å². The van der Waals surface area contributed by atoms with Gasteiger partial charge in [0.05, 0.1) is 12.2 Å². The van der Waals surface area contributed by atoms with Gasteiger partial charge >= 0.3 is 0 Å². The summed E-state index contributed by atoms with van der Waals surface area (Å²) in [7, 11) is 1.80. The van der Waals surface area contributed by atoms with Crippen molar-refractivity contribution in [2.75, 3.05) is 25.1 Å². The summed E-state index contributed by atoms with van der Waals surface area (Å²) >= 11 is 0. The second-order valence-electron chi connectivity index (χ2n) is 4.09. The fourth-order valence-electron chi connectivity index (χ4n) is 1.80. The molecule has 5 heteroatoms. The van der Waals surface area contributed by atoms with Gasteiger partial charge in [0.15, 0.2) is 0 Å². The number of aromatic nitrogens is 2. The Morgan fingerprint density at radius 2 is 2.05 bits per heavy atom. The summed E-state index contributed by atoms with van der Waals surface area (Å²) in [4.78, 5) is 10.0. The first-order valence-electron chi connectivity index (χ1n) is 5.89. The Bertz CT molecular complexity index is 592. The molecule has 0 unspecified atom stereocenters. The number of anilines is 1. The molecule has 0 radical (unpaired) electrons. The summed E-state index contributed by atoms with van der Waals surface area (Å²) in [6.45, 7) is 0.464. The van der Waals surface area contributed by atoms with Gasteiger partial charge < -0.3 is 10.0 Å². The molecule has 2 heterocycles. The Hall–Kier alpha value is -2.45. The highest BCUT2D eigenvalue weighted by atomic mass is 16.3. The maximum absolute atomic E-state index is 9.22. The van der Waals surface area contributed by atoms with Gasteiger partial charge in [0.25, 0.3) is 0 Å². The lowest BCUT2D eigenvalue weighted by molar-refractivity contribution is 0.304. The minimum absolute atomic E-state index is 0.0230. The van der Waals surface area contributed by atoms with Gasteiger partial charge in [-0.1, -0.05) is 0 Å². The zero-order valence-electron chi connectivity index (χ0n) is 10.6. The van der Waals surface area contributed by atoms with E-state index in [0.717, 1.165) is 11.1 Å². The lowest BCUT2D eigenvalue weighted by atomic mass is 10.1. The van der Waals surface area contributed by atoms with E-state index in [-0.39, 0.29) is 6.61 Å². The number of aliphatic hydroxyl groups is 1. The van der Waals surface area contributed by atoms with Crippen LogP contribution >= 0.6 is 0 Å². The van der Waals surface area contributed by atoms with Gasteiger partial charge in [-0.3, -0.25) is 4.98 Å². The van der Waals surface area contributed by atoms with Crippen molar-refractivity contribution < 1.29 is 5.11 Å². The molecule has 0 atom stereocenters. The molecule has 0 amide bonds. The molecule has 1 N–H and O–H groups in total. The molecule has 2 aromatic rings. The second kappa shape index (κ2) is 5.94. The van der Waals surface area contributed by atoms with Crippen molar-refractivity contribution >= 4 is 5.82 Å². The Kier molecular flexibility index (Phi) is 4.06. The van der Waals surface area contributed by atoms with E-state index in [0.29, 0.717) is 17.9 Å². The summed E-state index contributed by atoms with van der Waals surface area (Å²) in [5.74, 6) is 0.578. The first-order chi connectivity index (χ1) is 9.26. The third-order valence-electron chi connectivity index (χ3n) is 2.80. The first kappa shape index (κ1) is 13.0. The van der Waals surface area contributed by atoms with Crippen LogP contribution in [0, 0.1) is 11.3 Å². The number of nitrogens with zero attached hydrogens (tertiary/aromatic N) is 4. The monoisotopic (exact) mass is 254 g/mol. The van der Waals surface area contributed by atoms with E-state index in [1.165, 1.54) is 0 Å². The molecule has 2 aromatic heterocycles. The fourth-order valence-corrected chi connectivity index (χ4v) is 1.80. The van der Waals surface area contributed by atoms with E-state index in [4.69, 9.17) is 5.11 Å². The van der Waals surface area contributed by atoms with Crippen LogP contribution in [0.5, 0.6) is 0 Å². The molecule has 0 saturated carbocycles. The van der Waals surface area contributed by atoms with Crippen molar-refractivity contribution in [3.8, 4) is 17.2 Å². The van der Waals surface area contributed by atoms with Crippen molar-refractivity contribution in [2.24, 2.45) is 0 Å². The number of pyridine rings is 2. The molecule has 2 rings (SSSR count). The van der Waals surface area contributed by atoms with Crippen molar-refractivity contribution in [1.29, 1.82) is 5.26 Å². The van der Waals surface area contributed by atoms with Crippen LogP contribution in [0.3, 0.4) is 0 Å². The van der Waals surface area contributed by atoms with Gasteiger partial charge in [-0.05, 0) is 23.8 Å². The Morgan fingerprint density at radius 1 is 1.32 bits per heavy atom. The summed E-state index contributed by atoms with van der Waals surface area (Å²) in [5.41, 5.74) is 2.33. The Balaban J connectivity index is 2.40. The smallest absolute Gasteiger partial charge is 0.146 e. The van der Waals surface area contributed by atoms with Crippen LogP contribution in [0.1, 0.15) is 5.56 Å². The summed E-state index contributed by atoms with van der Waals surface area (Å²) in [6.07, 6.45) is 5.12. The average Bonchev–Trinajstić information content (AvgIpc) is 2.47. The summed E-state index contributed by atoms with van der Waals surface area (Å²) in [5, 5.41) is 18.2. The maximum Gasteiger partial charge on any atom is 0.146 e. The highest BCUT2D eigenvalue weighted by molar-refractivity contribution is 5.67. The molecule has 0 aromatic carbocycles. The van der Waals surface area contributed by atoms with Gasteiger partial charge in [0.2, 0.25) is 0 Å². The van der Waals surface area contributed by atoms with E-state index >= 15 is 0 Å². The highest BCUT2D eigenvalue weighted by Crippen LogP contribution is 2.23. The number of nitriles is 1. The molecule has 0 bridgehead atoms. The van der Waals surface area contributed by atoms with Crippen LogP contribution in [0.25, 0.3) is 11.1 Å². The molecule has 5 nitrogen and oxygen atoms in total. The molecule has 19 heavy (non-hydrogen) atoms. The average molecular weight is 254 g/mol. The molecule has 0 aliphatic heterocycles. The molecular weight excluding hydrogens is 240 g/mol. The predicted molar refractivity (Wildman–Crippen MR) is 72.5 cm³/mol. The summed E-state index contributed by atoms with van der Waals surface area (Å²) in [6, 6.07) is 7.68. The van der Waals surface area contributed by atoms with Crippen LogP contribution in [-0.4, -0.2) is 35.3 Å². The highest BCUT2D eigenvalue weighted by Gasteiger charge is 2.10. The van der Waals surface area contributed by atoms with Gasteiger partial charge in [0, 0.05) is 37.7 Å². The number of aliphatic hydroxyl groups excluding tert-OH is 1. The molecule has 96 valence electrons. The minimum Gasteiger partial charge on any atom is -0.395 e. The molecule has 0 saturated heterocycles. The Morgan fingerprint density at radius 3 is 2.68 bits per heavy atom. The lowest BCUT2D eigenvalue weighted by Gasteiger charge is -2.18. The normalized spacial score (nSPS) is 9.95. The van der Waals surface area contributed by atoms with E-state index in [9.17, 15) is 5.26 Å². The molecule has 0 aliphatic carbocycles. The predicted octanol–water partition coefficient (Wildman–Crippen LogP) is 1.44. The SMILES string of the molecule is CN(CCO)c1ncc(-c2ccncc2)cc1C#N. The fraction of sp³-hybridized carbons (Fsp3) is 0.214. The quantitative estimate of drug-likeness (QED) is 0.893. The van der Waals surface area contributed by atoms with Crippen molar-refractivity contribution in [1.82, 2.24) is 9.97 Å². The first-order valence-corrected chi connectivity index (χ1v) is 5.89. The number of hydrogen-bond donors (Lipinski definition) is 1. The van der Waals surface area contributed by atoms with Crippen LogP contribution in [0.4, 0.5) is 5.82 Å². The standard InChI is InChI=1S/C14H14N4O/c1-18(6-7-19)14-12(9-15)8-13(10-17-14)11-2-4-16-5-3-11/h2-5,8,10,19H,6-7H2,1H3. The van der Waals surface area contributed by atoms with Gasteiger partial charge in [-0.2, -0.15) is 5.26 Å². The summed E-state index contributed by atoms with van der Waals surface area (Å²) < 4.78 is 0. The molecule has 0 spiro atoms. The number of rotatable bonds is 4. The zero-order chi connectivity index (χ0) is 13.7. The van der Waals surface area contributed by atoms with E-state index in [1.807, 2.05) is 12.1 Å². The molecular formula is C14H14N4O. The number of hydrogen-bond acceptors (Lipinski definition) is 5. The minimum atomic E-state index is 0.0230. The van der Waals surface area contributed by atoms with E-state index < -0.39 is 0 Å². The van der Waals surface area contributed by atoms with Gasteiger partial charge in [-0.25, -0.2) is 4.98 Å². The van der Waals surface area contributed by atoms with E-state index in [1.54, 1.807) is 36.6 Å². The van der Waals surface area contributed by atoms with Crippen LogP contribution in [0.15, 0.2) is 36.8 Å². The molecule has 0 fully saturated rings. The second-order valence-corrected chi connectivity index (χ2v) is 4.09. The van der Waals surface area contributed by atoms with Crippen molar-refractivity contribution in [3.05, 3.63) is 42.4 Å². The topological polar surface area (TPSA) is 73.0 Å². The van der Waals surface area contributed by atoms with Crippen molar-refractivity contribution in [3.63, 3.8) is 0 Å². The van der Waals surface area contributed by atoms with Crippen molar-refractivity contribution in [2.45, 2.75) is 0 Å². The van der Waals surface area contributed by atoms with Gasteiger partial charge in [-0.15, -0.1) is 0 Å². The maximum atomic E-state index is 9.22. The third-order valence-corrected chi connectivity index (χ3v) is 2.80. The largest absolute Gasteiger partial charge is 0.395 e. The third kappa shape index (κ3) is 2.87. The number of likely N-dealkylation sites (N-methyl/N-ethyl adjacent to an activating group) is 1. The zero-order valence-corrected chi connectivity index (χ0v) is 10.6. The van der Waals surface area contributed by atoms with Crippen LogP contribution in [0.2, 0.25) is 0 Å². The van der Waals surface area contributed by atoms with Crippen LogP contribution in [-0.2, 0) is 0 Å². The molecule has 0 aliphatic rings. The lowest BCUT2D eigenvalue weighted by Crippen LogP contribution is -2.23. The van der Waals surface area contributed by atoms with Crippen LogP contribution < -0.4 is 4.90 Å².